The SMILES string of the molecule is Cc1cc(CNC2CC2)cnc1N(C)Cc1scnc1C. The minimum absolute atomic E-state index is 0.738. The fraction of sp³-hybridized carbons (Fsp3) is 0.500. The molecule has 2 heterocycles. The maximum atomic E-state index is 4.66. The fourth-order valence-corrected chi connectivity index (χ4v) is 3.27. The van der Waals surface area contributed by atoms with E-state index in [-0.39, 0.29) is 0 Å². The molecule has 0 spiro atoms. The Hall–Kier alpha value is -1.46. The van der Waals surface area contributed by atoms with Crippen molar-refractivity contribution in [1.29, 1.82) is 0 Å². The van der Waals surface area contributed by atoms with E-state index in [0.29, 0.717) is 0 Å². The molecule has 1 aliphatic carbocycles. The lowest BCUT2D eigenvalue weighted by Gasteiger charge is -2.20. The molecule has 5 heteroatoms. The number of aryl methyl sites for hydroxylation is 2. The van der Waals surface area contributed by atoms with Gasteiger partial charge in [0, 0.05) is 30.7 Å². The minimum Gasteiger partial charge on any atom is -0.354 e. The molecule has 1 saturated carbocycles. The summed E-state index contributed by atoms with van der Waals surface area (Å²) >= 11 is 1.71. The molecule has 4 nitrogen and oxygen atoms in total. The summed E-state index contributed by atoms with van der Waals surface area (Å²) in [6.45, 7) is 5.99. The van der Waals surface area contributed by atoms with Gasteiger partial charge >= 0.3 is 0 Å². The molecule has 2 aromatic heterocycles. The Bertz CT molecular complexity index is 618. The maximum absolute atomic E-state index is 4.66. The standard InChI is InChI=1S/C16H22N4S/c1-11-6-13(7-17-14-4-5-14)8-18-16(11)20(3)9-15-12(2)19-10-21-15/h6,8,10,14,17H,4-5,7,9H2,1-3H3. The average Bonchev–Trinajstić information content (AvgIpc) is 3.20. The van der Waals surface area contributed by atoms with Gasteiger partial charge in [0.05, 0.1) is 17.7 Å². The van der Waals surface area contributed by atoms with E-state index in [1.807, 2.05) is 11.7 Å². The molecule has 0 aromatic carbocycles. The molecule has 0 radical (unpaired) electrons. The minimum atomic E-state index is 0.738. The van der Waals surface area contributed by atoms with Gasteiger partial charge in [-0.05, 0) is 43.9 Å². The monoisotopic (exact) mass is 302 g/mol. The van der Waals surface area contributed by atoms with E-state index in [0.717, 1.165) is 30.6 Å². The molecule has 3 rings (SSSR count). The number of nitrogens with one attached hydrogen (secondary N) is 1. The molecule has 0 bridgehead atoms. The van der Waals surface area contributed by atoms with Crippen LogP contribution in [0.4, 0.5) is 5.82 Å². The maximum Gasteiger partial charge on any atom is 0.131 e. The molecule has 2 aromatic rings. The first-order valence-electron chi connectivity index (χ1n) is 7.42. The van der Waals surface area contributed by atoms with Gasteiger partial charge in [0.1, 0.15) is 5.82 Å². The molecule has 0 aliphatic heterocycles. The third-order valence-electron chi connectivity index (χ3n) is 3.87. The number of rotatable bonds is 6. The van der Waals surface area contributed by atoms with E-state index in [2.05, 4.69) is 47.1 Å². The Labute approximate surface area is 130 Å². The van der Waals surface area contributed by atoms with Crippen molar-refractivity contribution in [3.63, 3.8) is 0 Å². The van der Waals surface area contributed by atoms with Crippen LogP contribution >= 0.6 is 11.3 Å². The van der Waals surface area contributed by atoms with E-state index in [1.54, 1.807) is 11.3 Å². The van der Waals surface area contributed by atoms with E-state index in [1.165, 1.54) is 28.8 Å². The predicted octanol–water partition coefficient (Wildman–Crippen LogP) is 3.04. The highest BCUT2D eigenvalue weighted by molar-refractivity contribution is 7.09. The average molecular weight is 302 g/mol. The van der Waals surface area contributed by atoms with Crippen LogP contribution in [0.5, 0.6) is 0 Å². The summed E-state index contributed by atoms with van der Waals surface area (Å²) in [4.78, 5) is 12.5. The second kappa shape index (κ2) is 6.12. The molecule has 112 valence electrons. The van der Waals surface area contributed by atoms with Crippen LogP contribution in [0.3, 0.4) is 0 Å². The van der Waals surface area contributed by atoms with Gasteiger partial charge in [0.25, 0.3) is 0 Å². The van der Waals surface area contributed by atoms with Crippen molar-refractivity contribution in [3.8, 4) is 0 Å². The fourth-order valence-electron chi connectivity index (χ4n) is 2.44. The molecular weight excluding hydrogens is 280 g/mol. The van der Waals surface area contributed by atoms with E-state index >= 15 is 0 Å². The van der Waals surface area contributed by atoms with Crippen LogP contribution in [-0.4, -0.2) is 23.1 Å². The molecule has 1 fully saturated rings. The largest absolute Gasteiger partial charge is 0.354 e. The molecule has 1 aliphatic rings. The first-order valence-corrected chi connectivity index (χ1v) is 8.30. The lowest BCUT2D eigenvalue weighted by molar-refractivity contribution is 0.685. The summed E-state index contributed by atoms with van der Waals surface area (Å²) in [5.74, 6) is 1.05. The lowest BCUT2D eigenvalue weighted by atomic mass is 10.2. The summed E-state index contributed by atoms with van der Waals surface area (Å²) < 4.78 is 0. The third-order valence-corrected chi connectivity index (χ3v) is 4.79. The zero-order valence-corrected chi connectivity index (χ0v) is 13.7. The lowest BCUT2D eigenvalue weighted by Crippen LogP contribution is -2.20. The van der Waals surface area contributed by atoms with Gasteiger partial charge in [-0.3, -0.25) is 0 Å². The zero-order chi connectivity index (χ0) is 14.8. The van der Waals surface area contributed by atoms with Crippen LogP contribution in [0.1, 0.15) is 34.5 Å². The van der Waals surface area contributed by atoms with E-state index in [4.69, 9.17) is 0 Å². The zero-order valence-electron chi connectivity index (χ0n) is 12.9. The topological polar surface area (TPSA) is 41.1 Å². The summed E-state index contributed by atoms with van der Waals surface area (Å²) in [6, 6.07) is 2.98. The molecule has 0 unspecified atom stereocenters. The van der Waals surface area contributed by atoms with Crippen LogP contribution in [0.2, 0.25) is 0 Å². The first-order chi connectivity index (χ1) is 10.1. The number of hydrogen-bond donors (Lipinski definition) is 1. The first kappa shape index (κ1) is 14.5. The Morgan fingerprint density at radius 1 is 1.33 bits per heavy atom. The number of anilines is 1. The smallest absolute Gasteiger partial charge is 0.131 e. The number of pyridine rings is 1. The van der Waals surface area contributed by atoms with Crippen molar-refractivity contribution in [1.82, 2.24) is 15.3 Å². The van der Waals surface area contributed by atoms with E-state index in [9.17, 15) is 0 Å². The Balaban J connectivity index is 1.67. The predicted molar refractivity (Wildman–Crippen MR) is 87.8 cm³/mol. The van der Waals surface area contributed by atoms with Crippen molar-refractivity contribution >= 4 is 17.2 Å². The van der Waals surface area contributed by atoms with Gasteiger partial charge in [0.2, 0.25) is 0 Å². The van der Waals surface area contributed by atoms with Crippen LogP contribution in [0.15, 0.2) is 17.8 Å². The summed E-state index contributed by atoms with van der Waals surface area (Å²) in [7, 11) is 2.09. The number of nitrogens with zero attached hydrogens (tertiary/aromatic N) is 3. The van der Waals surface area contributed by atoms with Crippen molar-refractivity contribution in [2.24, 2.45) is 0 Å². The normalized spacial score (nSPS) is 14.4. The number of aromatic nitrogens is 2. The Kier molecular flexibility index (Phi) is 4.22. The Morgan fingerprint density at radius 2 is 2.14 bits per heavy atom. The molecule has 0 amide bonds. The van der Waals surface area contributed by atoms with E-state index < -0.39 is 0 Å². The summed E-state index contributed by atoms with van der Waals surface area (Å²) in [5.41, 5.74) is 5.53. The van der Waals surface area contributed by atoms with Gasteiger partial charge in [-0.15, -0.1) is 11.3 Å². The van der Waals surface area contributed by atoms with Crippen LogP contribution in [0, 0.1) is 13.8 Å². The quantitative estimate of drug-likeness (QED) is 0.890. The van der Waals surface area contributed by atoms with Crippen molar-refractivity contribution in [2.75, 3.05) is 11.9 Å². The van der Waals surface area contributed by atoms with Gasteiger partial charge < -0.3 is 10.2 Å². The highest BCUT2D eigenvalue weighted by Crippen LogP contribution is 2.23. The van der Waals surface area contributed by atoms with Gasteiger partial charge in [0.15, 0.2) is 0 Å². The Morgan fingerprint density at radius 3 is 2.76 bits per heavy atom. The molecule has 0 atom stereocenters. The van der Waals surface area contributed by atoms with Crippen molar-refractivity contribution in [3.05, 3.63) is 39.5 Å². The third kappa shape index (κ3) is 3.60. The molecular formula is C16H22N4S. The van der Waals surface area contributed by atoms with Crippen molar-refractivity contribution in [2.45, 2.75) is 45.8 Å². The van der Waals surface area contributed by atoms with Gasteiger partial charge in [-0.2, -0.15) is 0 Å². The second-order valence-electron chi connectivity index (χ2n) is 5.86. The van der Waals surface area contributed by atoms with Crippen molar-refractivity contribution < 1.29 is 0 Å². The second-order valence-corrected chi connectivity index (χ2v) is 6.80. The molecule has 0 saturated heterocycles. The molecule has 21 heavy (non-hydrogen) atoms. The summed E-state index contributed by atoms with van der Waals surface area (Å²) in [5, 5.41) is 3.53. The summed E-state index contributed by atoms with van der Waals surface area (Å²) in [6.07, 6.45) is 4.64. The van der Waals surface area contributed by atoms with Gasteiger partial charge in [-0.25, -0.2) is 9.97 Å². The number of thiazole rings is 1. The highest BCUT2D eigenvalue weighted by atomic mass is 32.1. The van der Waals surface area contributed by atoms with Crippen LogP contribution in [-0.2, 0) is 13.1 Å². The number of hydrogen-bond acceptors (Lipinski definition) is 5. The molecule has 1 N–H and O–H groups in total. The highest BCUT2D eigenvalue weighted by Gasteiger charge is 2.20. The van der Waals surface area contributed by atoms with Gasteiger partial charge in [-0.1, -0.05) is 0 Å². The van der Waals surface area contributed by atoms with Crippen LogP contribution in [0.25, 0.3) is 0 Å². The van der Waals surface area contributed by atoms with Crippen LogP contribution < -0.4 is 10.2 Å².